The molecule has 0 saturated carbocycles. The summed E-state index contributed by atoms with van der Waals surface area (Å²) >= 11 is 0. The van der Waals surface area contributed by atoms with Crippen LogP contribution in [0.2, 0.25) is 0 Å². The minimum Gasteiger partial charge on any atom is -0.300 e. The molecule has 0 bridgehead atoms. The van der Waals surface area contributed by atoms with Crippen molar-refractivity contribution in [2.75, 3.05) is 0 Å². The highest BCUT2D eigenvalue weighted by atomic mass is 31.1. The zero-order valence-corrected chi connectivity index (χ0v) is 15.3. The van der Waals surface area contributed by atoms with Crippen molar-refractivity contribution in [1.29, 1.82) is 0 Å². The maximum atomic E-state index is 12.3. The van der Waals surface area contributed by atoms with E-state index in [9.17, 15) is 4.79 Å². The van der Waals surface area contributed by atoms with Gasteiger partial charge in [-0.05, 0) is 27.3 Å². The fourth-order valence-electron chi connectivity index (χ4n) is 3.31. The lowest BCUT2D eigenvalue weighted by Crippen LogP contribution is -2.45. The Morgan fingerprint density at radius 3 is 1.32 bits per heavy atom. The second-order valence-electron chi connectivity index (χ2n) is 9.29. The Labute approximate surface area is 121 Å². The fourth-order valence-corrected chi connectivity index (χ4v) is 8.08. The summed E-state index contributed by atoms with van der Waals surface area (Å²) in [4.78, 5) is 12.3. The lowest BCUT2D eigenvalue weighted by molar-refractivity contribution is -0.120. The fraction of sp³-hybridized carbons (Fsp3) is 0.941. The summed E-state index contributed by atoms with van der Waals surface area (Å²) in [6, 6.07) is 0. The summed E-state index contributed by atoms with van der Waals surface area (Å²) in [5, 5.41) is 0.325. The molecule has 1 heterocycles. The Morgan fingerprint density at radius 2 is 1.11 bits per heavy atom. The third-order valence-corrected chi connectivity index (χ3v) is 9.09. The van der Waals surface area contributed by atoms with E-state index in [2.05, 4.69) is 62.3 Å². The van der Waals surface area contributed by atoms with Crippen molar-refractivity contribution in [3.8, 4) is 0 Å². The van der Waals surface area contributed by atoms with E-state index < -0.39 is 0 Å². The topological polar surface area (TPSA) is 17.1 Å². The first-order chi connectivity index (χ1) is 8.24. The molecule has 0 N–H and O–H groups in total. The van der Waals surface area contributed by atoms with Gasteiger partial charge in [0.15, 0.2) is 0 Å². The highest BCUT2D eigenvalue weighted by Crippen LogP contribution is 2.68. The van der Waals surface area contributed by atoms with Crippen LogP contribution in [0.1, 0.15) is 75.2 Å². The van der Waals surface area contributed by atoms with Crippen molar-refractivity contribution < 1.29 is 4.79 Å². The normalized spacial score (nSPS) is 27.7. The number of rotatable bonds is 0. The van der Waals surface area contributed by atoms with Crippen LogP contribution >= 0.6 is 7.92 Å². The summed E-state index contributed by atoms with van der Waals surface area (Å²) in [6.07, 6.45) is 1.61. The maximum absolute atomic E-state index is 12.3. The summed E-state index contributed by atoms with van der Waals surface area (Å²) in [5.41, 5.74) is 1.60. The Hall–Kier alpha value is 0.100. The molecule has 112 valence electrons. The van der Waals surface area contributed by atoms with Crippen LogP contribution in [0.4, 0.5) is 0 Å². The van der Waals surface area contributed by atoms with Gasteiger partial charge in [-0.25, -0.2) is 0 Å². The van der Waals surface area contributed by atoms with E-state index in [1.54, 1.807) is 0 Å². The number of hydrogen-bond acceptors (Lipinski definition) is 1. The summed E-state index contributed by atoms with van der Waals surface area (Å²) in [7, 11) is -0.163. The quantitative estimate of drug-likeness (QED) is 0.540. The number of carbonyl (C=O) groups is 1. The van der Waals surface area contributed by atoms with Crippen LogP contribution in [0.25, 0.3) is 0 Å². The van der Waals surface area contributed by atoms with Gasteiger partial charge in [-0.3, -0.25) is 4.79 Å². The van der Waals surface area contributed by atoms with Gasteiger partial charge in [-0.2, -0.15) is 0 Å². The summed E-state index contributed by atoms with van der Waals surface area (Å²) < 4.78 is 0. The van der Waals surface area contributed by atoms with Gasteiger partial charge in [-0.1, -0.05) is 70.2 Å². The average molecular weight is 284 g/mol. The van der Waals surface area contributed by atoms with Crippen molar-refractivity contribution in [1.82, 2.24) is 0 Å². The van der Waals surface area contributed by atoms with Crippen LogP contribution in [0.15, 0.2) is 0 Å². The molecule has 1 nitrogen and oxygen atoms in total. The first kappa shape index (κ1) is 17.2. The van der Waals surface area contributed by atoms with Crippen molar-refractivity contribution in [3.05, 3.63) is 0 Å². The van der Waals surface area contributed by atoms with Crippen LogP contribution in [0.3, 0.4) is 0 Å². The largest absolute Gasteiger partial charge is 0.300 e. The zero-order chi connectivity index (χ0) is 15.2. The smallest absolute Gasteiger partial charge is 0.134 e. The molecule has 1 fully saturated rings. The van der Waals surface area contributed by atoms with E-state index in [-0.39, 0.29) is 18.8 Å². The van der Waals surface area contributed by atoms with E-state index in [0.29, 0.717) is 22.3 Å². The molecular weight excluding hydrogens is 251 g/mol. The molecule has 0 aromatic rings. The average Bonchev–Trinajstić information content (AvgIpc) is 2.11. The maximum Gasteiger partial charge on any atom is 0.134 e. The monoisotopic (exact) mass is 284 g/mol. The van der Waals surface area contributed by atoms with Crippen molar-refractivity contribution >= 4 is 13.7 Å². The van der Waals surface area contributed by atoms with Crippen LogP contribution in [-0.2, 0) is 4.79 Å². The van der Waals surface area contributed by atoms with E-state index in [1.165, 1.54) is 0 Å². The van der Waals surface area contributed by atoms with E-state index in [0.717, 1.165) is 12.8 Å². The Kier molecular flexibility index (Phi) is 4.64. The van der Waals surface area contributed by atoms with Gasteiger partial charge in [0.25, 0.3) is 0 Å². The first-order valence-corrected chi connectivity index (χ1v) is 9.03. The molecule has 0 unspecified atom stereocenters. The van der Waals surface area contributed by atoms with Gasteiger partial charge in [-0.15, -0.1) is 0 Å². The standard InChI is InChI=1S/C17H33OP/c1-15(2,3)13-10-12(18)11-14(16(4,5)6)19(13)17(7,8)9/h13-14H,10-11H2,1-9H3/t13-,14-/m1/s1. The van der Waals surface area contributed by atoms with Gasteiger partial charge >= 0.3 is 0 Å². The summed E-state index contributed by atoms with van der Waals surface area (Å²) in [6.45, 7) is 21.0. The Bertz CT molecular complexity index is 312. The lowest BCUT2D eigenvalue weighted by atomic mass is 9.84. The predicted octanol–water partition coefficient (Wildman–Crippen LogP) is 5.46. The van der Waals surface area contributed by atoms with Crippen LogP contribution in [0, 0.1) is 10.8 Å². The number of carbonyl (C=O) groups excluding carboxylic acids is 1. The third-order valence-electron chi connectivity index (χ3n) is 4.29. The molecular formula is C17H33OP. The Balaban J connectivity index is 3.27. The number of hydrogen-bond donors (Lipinski definition) is 0. The van der Waals surface area contributed by atoms with Gasteiger partial charge in [0.05, 0.1) is 0 Å². The van der Waals surface area contributed by atoms with Gasteiger partial charge in [0, 0.05) is 12.8 Å². The molecule has 1 aliphatic rings. The highest BCUT2D eigenvalue weighted by Gasteiger charge is 2.50. The minimum atomic E-state index is -0.163. The first-order valence-electron chi connectivity index (χ1n) is 7.55. The molecule has 1 aliphatic heterocycles. The van der Waals surface area contributed by atoms with Crippen molar-refractivity contribution in [2.45, 2.75) is 91.6 Å². The second kappa shape index (κ2) is 5.14. The molecule has 0 aliphatic carbocycles. The van der Waals surface area contributed by atoms with E-state index >= 15 is 0 Å². The predicted molar refractivity (Wildman–Crippen MR) is 87.4 cm³/mol. The van der Waals surface area contributed by atoms with E-state index in [1.807, 2.05) is 0 Å². The zero-order valence-electron chi connectivity index (χ0n) is 14.4. The minimum absolute atomic E-state index is 0.163. The van der Waals surface area contributed by atoms with Gasteiger partial charge in [0.1, 0.15) is 5.78 Å². The van der Waals surface area contributed by atoms with Crippen LogP contribution in [-0.4, -0.2) is 22.3 Å². The highest BCUT2D eigenvalue weighted by molar-refractivity contribution is 7.61. The van der Waals surface area contributed by atoms with Crippen molar-refractivity contribution in [2.24, 2.45) is 10.8 Å². The van der Waals surface area contributed by atoms with E-state index in [4.69, 9.17) is 0 Å². The number of Topliss-reactive ketones (excluding diaryl/α,β-unsaturated/α-hetero) is 1. The van der Waals surface area contributed by atoms with Gasteiger partial charge in [0.2, 0.25) is 0 Å². The van der Waals surface area contributed by atoms with Crippen LogP contribution in [0.5, 0.6) is 0 Å². The third kappa shape index (κ3) is 4.03. The Morgan fingerprint density at radius 1 is 0.789 bits per heavy atom. The second-order valence-corrected chi connectivity index (χ2v) is 12.7. The molecule has 0 radical (unpaired) electrons. The molecule has 0 spiro atoms. The van der Waals surface area contributed by atoms with Crippen molar-refractivity contribution in [3.63, 3.8) is 0 Å². The molecule has 2 heteroatoms. The lowest BCUT2D eigenvalue weighted by Gasteiger charge is -2.54. The summed E-state index contributed by atoms with van der Waals surface area (Å²) in [5.74, 6) is 0.489. The molecule has 0 aromatic carbocycles. The molecule has 1 saturated heterocycles. The molecule has 0 amide bonds. The molecule has 2 atom stereocenters. The van der Waals surface area contributed by atoms with Crippen LogP contribution < -0.4 is 0 Å². The SMILES string of the molecule is CC(C)(C)[C@H]1CC(=O)C[C@H](C(C)(C)C)P1C(C)(C)C. The molecule has 1 rings (SSSR count). The van der Waals surface area contributed by atoms with Gasteiger partial charge < -0.3 is 0 Å². The molecule has 0 aromatic heterocycles. The number of ketones is 1. The molecule has 19 heavy (non-hydrogen) atoms.